The van der Waals surface area contributed by atoms with Crippen molar-refractivity contribution < 1.29 is 5.11 Å². The van der Waals surface area contributed by atoms with Crippen LogP contribution < -0.4 is 0 Å². The molecule has 0 aromatic carbocycles. The van der Waals surface area contributed by atoms with E-state index in [1.54, 1.807) is 0 Å². The largest absolute Gasteiger partial charge is 0.387 e. The molecular weight excluding hydrogens is 224 g/mol. The van der Waals surface area contributed by atoms with Crippen molar-refractivity contribution in [3.63, 3.8) is 0 Å². The van der Waals surface area contributed by atoms with Gasteiger partial charge in [0.25, 0.3) is 0 Å². The Bertz CT molecular complexity index is 353. The molecule has 102 valence electrons. The van der Waals surface area contributed by atoms with Gasteiger partial charge in [0.15, 0.2) is 0 Å². The van der Waals surface area contributed by atoms with E-state index in [-0.39, 0.29) is 6.10 Å². The molecule has 2 rings (SSSR count). The second kappa shape index (κ2) is 6.37. The molecule has 1 aromatic heterocycles. The summed E-state index contributed by atoms with van der Waals surface area (Å²) in [7, 11) is 0. The van der Waals surface area contributed by atoms with Crippen LogP contribution in [-0.2, 0) is 6.54 Å². The molecule has 3 heteroatoms. The molecule has 1 unspecified atom stereocenters. The summed E-state index contributed by atoms with van der Waals surface area (Å²) < 4.78 is 1.97. The minimum atomic E-state index is -0.322. The smallest absolute Gasteiger partial charge is 0.0984 e. The van der Waals surface area contributed by atoms with Crippen molar-refractivity contribution in [3.05, 3.63) is 18.0 Å². The fourth-order valence-electron chi connectivity index (χ4n) is 3.15. The molecule has 1 N–H and O–H groups in total. The number of hydrogen-bond donors (Lipinski definition) is 1. The molecule has 0 amide bonds. The predicted molar refractivity (Wildman–Crippen MR) is 73.2 cm³/mol. The minimum Gasteiger partial charge on any atom is -0.387 e. The summed E-state index contributed by atoms with van der Waals surface area (Å²) in [6.45, 7) is 5.33. The van der Waals surface area contributed by atoms with Gasteiger partial charge >= 0.3 is 0 Å². The zero-order valence-corrected chi connectivity index (χ0v) is 11.7. The lowest BCUT2D eigenvalue weighted by molar-refractivity contribution is 0.0655. The van der Waals surface area contributed by atoms with Crippen LogP contribution in [-0.4, -0.2) is 14.9 Å². The zero-order valence-electron chi connectivity index (χ0n) is 11.7. The third kappa shape index (κ3) is 2.94. The highest BCUT2D eigenvalue weighted by Crippen LogP contribution is 2.37. The molecular formula is C15H26N2O. The van der Waals surface area contributed by atoms with Crippen LogP contribution in [0.2, 0.25) is 0 Å². The summed E-state index contributed by atoms with van der Waals surface area (Å²) >= 11 is 0. The lowest BCUT2D eigenvalue weighted by Gasteiger charge is -2.31. The van der Waals surface area contributed by atoms with Crippen molar-refractivity contribution in [2.24, 2.45) is 11.8 Å². The van der Waals surface area contributed by atoms with E-state index in [1.807, 2.05) is 16.9 Å². The number of hydrogen-bond acceptors (Lipinski definition) is 2. The van der Waals surface area contributed by atoms with E-state index >= 15 is 0 Å². The average molecular weight is 250 g/mol. The van der Waals surface area contributed by atoms with Crippen molar-refractivity contribution >= 4 is 0 Å². The molecule has 0 saturated heterocycles. The van der Waals surface area contributed by atoms with Gasteiger partial charge in [-0.1, -0.05) is 33.1 Å². The Morgan fingerprint density at radius 2 is 2.06 bits per heavy atom. The fraction of sp³-hybridized carbons (Fsp3) is 0.800. The van der Waals surface area contributed by atoms with Gasteiger partial charge in [-0.2, -0.15) is 5.10 Å². The second-order valence-corrected chi connectivity index (χ2v) is 5.61. The van der Waals surface area contributed by atoms with Crippen molar-refractivity contribution in [1.82, 2.24) is 9.78 Å². The van der Waals surface area contributed by atoms with Gasteiger partial charge in [-0.15, -0.1) is 0 Å². The Labute approximate surface area is 110 Å². The Balaban J connectivity index is 1.98. The number of aliphatic hydroxyl groups excluding tert-OH is 1. The molecule has 1 aromatic rings. The Morgan fingerprint density at radius 3 is 2.67 bits per heavy atom. The standard InChI is InChI=1S/C15H26N2O/c1-3-11-17-14(9-10-16-17)15(18)13-7-5-12(4-2)6-8-13/h9-10,12-13,15,18H,3-8,11H2,1-2H3. The lowest BCUT2D eigenvalue weighted by atomic mass is 9.78. The summed E-state index contributed by atoms with van der Waals surface area (Å²) in [4.78, 5) is 0. The van der Waals surface area contributed by atoms with E-state index < -0.39 is 0 Å². The summed E-state index contributed by atoms with van der Waals surface area (Å²) in [5, 5.41) is 14.8. The van der Waals surface area contributed by atoms with E-state index in [4.69, 9.17) is 0 Å². The number of aliphatic hydroxyl groups is 1. The van der Waals surface area contributed by atoms with E-state index in [0.717, 1.165) is 37.4 Å². The van der Waals surface area contributed by atoms with Gasteiger partial charge < -0.3 is 5.11 Å². The van der Waals surface area contributed by atoms with Gasteiger partial charge in [-0.25, -0.2) is 0 Å². The lowest BCUT2D eigenvalue weighted by Crippen LogP contribution is -2.22. The molecule has 1 aliphatic carbocycles. The Hall–Kier alpha value is -0.830. The van der Waals surface area contributed by atoms with E-state index in [1.165, 1.54) is 19.3 Å². The first-order valence-corrected chi connectivity index (χ1v) is 7.46. The second-order valence-electron chi connectivity index (χ2n) is 5.61. The SMILES string of the molecule is CCCn1nccc1C(O)C1CCC(CC)CC1. The first-order valence-electron chi connectivity index (χ1n) is 7.46. The molecule has 18 heavy (non-hydrogen) atoms. The number of nitrogens with zero attached hydrogens (tertiary/aromatic N) is 2. The third-order valence-corrected chi connectivity index (χ3v) is 4.40. The molecule has 0 aliphatic heterocycles. The van der Waals surface area contributed by atoms with Crippen LogP contribution in [0.3, 0.4) is 0 Å². The highest BCUT2D eigenvalue weighted by Gasteiger charge is 2.28. The van der Waals surface area contributed by atoms with Gasteiger partial charge in [0.05, 0.1) is 11.8 Å². The van der Waals surface area contributed by atoms with Crippen molar-refractivity contribution in [2.45, 2.75) is 65.0 Å². The summed E-state index contributed by atoms with van der Waals surface area (Å²) in [5.41, 5.74) is 1.01. The van der Waals surface area contributed by atoms with E-state index in [2.05, 4.69) is 18.9 Å². The van der Waals surface area contributed by atoms with Crippen LogP contribution in [0, 0.1) is 11.8 Å². The van der Waals surface area contributed by atoms with Crippen molar-refractivity contribution in [3.8, 4) is 0 Å². The van der Waals surface area contributed by atoms with Crippen LogP contribution in [0.4, 0.5) is 0 Å². The average Bonchev–Trinajstić information content (AvgIpc) is 2.87. The maximum Gasteiger partial charge on any atom is 0.0984 e. The summed E-state index contributed by atoms with van der Waals surface area (Å²) in [5.74, 6) is 1.31. The molecule has 0 bridgehead atoms. The molecule has 1 heterocycles. The molecule has 3 nitrogen and oxygen atoms in total. The predicted octanol–water partition coefficient (Wildman–Crippen LogP) is 3.54. The van der Waals surface area contributed by atoms with Crippen LogP contribution in [0.25, 0.3) is 0 Å². The van der Waals surface area contributed by atoms with Gasteiger partial charge in [0.2, 0.25) is 0 Å². The van der Waals surface area contributed by atoms with Gasteiger partial charge in [-0.05, 0) is 37.2 Å². The highest BCUT2D eigenvalue weighted by molar-refractivity contribution is 5.06. The van der Waals surface area contributed by atoms with Gasteiger partial charge in [-0.3, -0.25) is 4.68 Å². The first-order chi connectivity index (χ1) is 8.76. The summed E-state index contributed by atoms with van der Waals surface area (Å²) in [6, 6.07) is 1.98. The Morgan fingerprint density at radius 1 is 1.33 bits per heavy atom. The molecule has 0 radical (unpaired) electrons. The van der Waals surface area contributed by atoms with E-state index in [9.17, 15) is 5.11 Å². The topological polar surface area (TPSA) is 38.0 Å². The van der Waals surface area contributed by atoms with Crippen LogP contribution >= 0.6 is 0 Å². The minimum absolute atomic E-state index is 0.322. The maximum absolute atomic E-state index is 10.5. The number of aryl methyl sites for hydroxylation is 1. The van der Waals surface area contributed by atoms with Gasteiger partial charge in [0, 0.05) is 12.7 Å². The third-order valence-electron chi connectivity index (χ3n) is 4.40. The zero-order chi connectivity index (χ0) is 13.0. The summed E-state index contributed by atoms with van der Waals surface area (Å²) in [6.07, 6.45) is 8.72. The van der Waals surface area contributed by atoms with E-state index in [0.29, 0.717) is 5.92 Å². The fourth-order valence-corrected chi connectivity index (χ4v) is 3.15. The molecule has 1 atom stereocenters. The number of rotatable bonds is 5. The van der Waals surface area contributed by atoms with Crippen LogP contribution in [0.5, 0.6) is 0 Å². The number of aromatic nitrogens is 2. The van der Waals surface area contributed by atoms with Crippen molar-refractivity contribution in [1.29, 1.82) is 0 Å². The highest BCUT2D eigenvalue weighted by atomic mass is 16.3. The Kier molecular flexibility index (Phi) is 4.81. The molecule has 1 saturated carbocycles. The first kappa shape index (κ1) is 13.6. The maximum atomic E-state index is 10.5. The molecule has 0 spiro atoms. The quantitative estimate of drug-likeness (QED) is 0.868. The van der Waals surface area contributed by atoms with Crippen LogP contribution in [0.15, 0.2) is 12.3 Å². The van der Waals surface area contributed by atoms with Gasteiger partial charge in [0.1, 0.15) is 0 Å². The normalized spacial score (nSPS) is 26.2. The monoisotopic (exact) mass is 250 g/mol. The molecule has 1 fully saturated rings. The van der Waals surface area contributed by atoms with Crippen molar-refractivity contribution in [2.75, 3.05) is 0 Å². The van der Waals surface area contributed by atoms with Crippen LogP contribution in [0.1, 0.15) is 64.2 Å². The molecule has 1 aliphatic rings.